The maximum absolute atomic E-state index is 12.7. The first-order valence-electron chi connectivity index (χ1n) is 8.98. The van der Waals surface area contributed by atoms with E-state index in [1.54, 1.807) is 54.6 Å². The molecule has 160 valence electrons. The number of anilines is 2. The SMILES string of the molecule is COc1ccc(NS(=O)(=O)c2ccc(Cl)c(NC(=O)C=Cc3ccc(Cl)cc3)c2)cc1. The van der Waals surface area contributed by atoms with Crippen molar-refractivity contribution in [3.05, 3.63) is 88.4 Å². The van der Waals surface area contributed by atoms with Gasteiger partial charge in [-0.25, -0.2) is 8.42 Å². The Hall–Kier alpha value is -3.00. The van der Waals surface area contributed by atoms with Crippen LogP contribution < -0.4 is 14.8 Å². The van der Waals surface area contributed by atoms with E-state index in [-0.39, 0.29) is 15.6 Å². The molecule has 0 aromatic heterocycles. The van der Waals surface area contributed by atoms with Crippen LogP contribution in [0.4, 0.5) is 11.4 Å². The number of amides is 1. The Bertz CT molecular complexity index is 1210. The monoisotopic (exact) mass is 476 g/mol. The van der Waals surface area contributed by atoms with Crippen molar-refractivity contribution in [2.75, 3.05) is 17.1 Å². The van der Waals surface area contributed by atoms with Gasteiger partial charge < -0.3 is 10.1 Å². The van der Waals surface area contributed by atoms with Crippen LogP contribution in [0.1, 0.15) is 5.56 Å². The van der Waals surface area contributed by atoms with Gasteiger partial charge in [-0.1, -0.05) is 35.3 Å². The minimum Gasteiger partial charge on any atom is -0.497 e. The molecule has 3 rings (SSSR count). The molecule has 3 aromatic rings. The fourth-order valence-corrected chi connectivity index (χ4v) is 3.94. The lowest BCUT2D eigenvalue weighted by molar-refractivity contribution is -0.111. The lowest BCUT2D eigenvalue weighted by atomic mass is 10.2. The number of hydrogen-bond donors (Lipinski definition) is 2. The molecule has 9 heteroatoms. The third-order valence-electron chi connectivity index (χ3n) is 4.15. The highest BCUT2D eigenvalue weighted by atomic mass is 35.5. The van der Waals surface area contributed by atoms with Crippen LogP contribution in [0.25, 0.3) is 6.08 Å². The number of rotatable bonds is 7. The van der Waals surface area contributed by atoms with Gasteiger partial charge in [0, 0.05) is 16.8 Å². The van der Waals surface area contributed by atoms with Gasteiger partial charge in [0.25, 0.3) is 10.0 Å². The molecule has 31 heavy (non-hydrogen) atoms. The molecule has 0 spiro atoms. The standard InChI is InChI=1S/C22H18Cl2N2O4S/c1-30-18-9-7-17(8-10-18)26-31(28,29)19-11-12-20(24)21(14-19)25-22(27)13-4-15-2-5-16(23)6-3-15/h2-14,26H,1H3,(H,25,27). The summed E-state index contributed by atoms with van der Waals surface area (Å²) in [5, 5.41) is 3.39. The summed E-state index contributed by atoms with van der Waals surface area (Å²) in [6.45, 7) is 0. The minimum atomic E-state index is -3.90. The maximum atomic E-state index is 12.7. The van der Waals surface area contributed by atoms with Crippen LogP contribution in [0.2, 0.25) is 10.0 Å². The predicted molar refractivity (Wildman–Crippen MR) is 124 cm³/mol. The summed E-state index contributed by atoms with van der Waals surface area (Å²) in [6, 6.07) is 17.4. The van der Waals surface area contributed by atoms with E-state index in [9.17, 15) is 13.2 Å². The molecule has 2 N–H and O–H groups in total. The third kappa shape index (κ3) is 6.24. The highest BCUT2D eigenvalue weighted by Crippen LogP contribution is 2.27. The van der Waals surface area contributed by atoms with E-state index in [0.717, 1.165) is 5.56 Å². The Kier molecular flexibility index (Phi) is 7.22. The van der Waals surface area contributed by atoms with Crippen molar-refractivity contribution >= 4 is 56.6 Å². The smallest absolute Gasteiger partial charge is 0.261 e. The summed E-state index contributed by atoms with van der Waals surface area (Å²) in [7, 11) is -2.38. The number of methoxy groups -OCH3 is 1. The zero-order chi connectivity index (χ0) is 22.4. The van der Waals surface area contributed by atoms with Crippen molar-refractivity contribution in [3.8, 4) is 5.75 Å². The number of hydrogen-bond acceptors (Lipinski definition) is 4. The zero-order valence-corrected chi connectivity index (χ0v) is 18.6. The van der Waals surface area contributed by atoms with Crippen molar-refractivity contribution in [1.82, 2.24) is 0 Å². The van der Waals surface area contributed by atoms with Crippen LogP contribution in [0.15, 0.2) is 77.7 Å². The molecule has 0 atom stereocenters. The van der Waals surface area contributed by atoms with Gasteiger partial charge in [0.2, 0.25) is 5.91 Å². The lowest BCUT2D eigenvalue weighted by Crippen LogP contribution is -2.14. The molecular weight excluding hydrogens is 459 g/mol. The van der Waals surface area contributed by atoms with E-state index in [0.29, 0.717) is 16.5 Å². The van der Waals surface area contributed by atoms with Gasteiger partial charge in [0.05, 0.1) is 22.7 Å². The van der Waals surface area contributed by atoms with E-state index in [1.807, 2.05) is 0 Å². The minimum absolute atomic E-state index is 0.0512. The fraction of sp³-hybridized carbons (Fsp3) is 0.0455. The van der Waals surface area contributed by atoms with Crippen LogP contribution in [-0.2, 0) is 14.8 Å². The van der Waals surface area contributed by atoms with E-state index in [4.69, 9.17) is 27.9 Å². The number of benzene rings is 3. The van der Waals surface area contributed by atoms with Gasteiger partial charge in [-0.05, 0) is 66.2 Å². The molecule has 1 amide bonds. The molecule has 0 heterocycles. The van der Waals surface area contributed by atoms with Crippen LogP contribution in [0.5, 0.6) is 5.75 Å². The lowest BCUT2D eigenvalue weighted by Gasteiger charge is -2.11. The molecule has 0 saturated carbocycles. The van der Waals surface area contributed by atoms with Gasteiger partial charge in [-0.2, -0.15) is 0 Å². The topological polar surface area (TPSA) is 84.5 Å². The summed E-state index contributed by atoms with van der Waals surface area (Å²) < 4.78 is 33.0. The van der Waals surface area contributed by atoms with Crippen molar-refractivity contribution in [2.24, 2.45) is 0 Å². The third-order valence-corrected chi connectivity index (χ3v) is 6.11. The second kappa shape index (κ2) is 9.87. The Balaban J connectivity index is 1.75. The number of nitrogens with one attached hydrogen (secondary N) is 2. The first-order valence-corrected chi connectivity index (χ1v) is 11.2. The number of carbonyl (C=O) groups is 1. The second-order valence-electron chi connectivity index (χ2n) is 6.35. The highest BCUT2D eigenvalue weighted by Gasteiger charge is 2.17. The summed E-state index contributed by atoms with van der Waals surface area (Å²) in [4.78, 5) is 12.2. The van der Waals surface area contributed by atoms with Gasteiger partial charge >= 0.3 is 0 Å². The van der Waals surface area contributed by atoms with Crippen LogP contribution in [0.3, 0.4) is 0 Å². The molecule has 3 aromatic carbocycles. The summed E-state index contributed by atoms with van der Waals surface area (Å²) in [6.07, 6.45) is 2.92. The summed E-state index contributed by atoms with van der Waals surface area (Å²) in [5.41, 5.74) is 1.32. The Labute approximate surface area is 190 Å². The first-order chi connectivity index (χ1) is 14.8. The quantitative estimate of drug-likeness (QED) is 0.443. The molecule has 0 aliphatic heterocycles. The maximum Gasteiger partial charge on any atom is 0.261 e. The Morgan fingerprint density at radius 2 is 1.65 bits per heavy atom. The summed E-state index contributed by atoms with van der Waals surface area (Å²) >= 11 is 12.0. The average Bonchev–Trinajstić information content (AvgIpc) is 2.75. The van der Waals surface area contributed by atoms with Crippen LogP contribution in [0, 0.1) is 0 Å². The van der Waals surface area contributed by atoms with Crippen molar-refractivity contribution in [2.45, 2.75) is 4.90 Å². The van der Waals surface area contributed by atoms with E-state index in [2.05, 4.69) is 10.0 Å². The number of sulfonamides is 1. The molecule has 6 nitrogen and oxygen atoms in total. The molecular formula is C22H18Cl2N2O4S. The second-order valence-corrected chi connectivity index (χ2v) is 8.88. The molecule has 0 unspecified atom stereocenters. The molecule has 0 fully saturated rings. The van der Waals surface area contributed by atoms with Crippen molar-refractivity contribution < 1.29 is 17.9 Å². The van der Waals surface area contributed by atoms with Gasteiger partial charge in [0.1, 0.15) is 5.75 Å². The Morgan fingerprint density at radius 1 is 0.968 bits per heavy atom. The number of carbonyl (C=O) groups excluding carboxylic acids is 1. The van der Waals surface area contributed by atoms with Gasteiger partial charge in [0.15, 0.2) is 0 Å². The molecule has 0 radical (unpaired) electrons. The van der Waals surface area contributed by atoms with Crippen molar-refractivity contribution in [3.63, 3.8) is 0 Å². The van der Waals surface area contributed by atoms with Gasteiger partial charge in [-0.15, -0.1) is 0 Å². The highest BCUT2D eigenvalue weighted by molar-refractivity contribution is 7.92. The fourth-order valence-electron chi connectivity index (χ4n) is 2.56. The van der Waals surface area contributed by atoms with E-state index in [1.165, 1.54) is 31.4 Å². The molecule has 0 aliphatic carbocycles. The normalized spacial score (nSPS) is 11.3. The number of halogens is 2. The Morgan fingerprint density at radius 3 is 2.29 bits per heavy atom. The zero-order valence-electron chi connectivity index (χ0n) is 16.3. The predicted octanol–water partition coefficient (Wildman–Crippen LogP) is 5.45. The van der Waals surface area contributed by atoms with Crippen LogP contribution >= 0.6 is 23.2 Å². The number of ether oxygens (including phenoxy) is 1. The summed E-state index contributed by atoms with van der Waals surface area (Å²) in [5.74, 6) is 0.139. The van der Waals surface area contributed by atoms with Crippen LogP contribution in [-0.4, -0.2) is 21.4 Å². The largest absolute Gasteiger partial charge is 0.497 e. The molecule has 0 aliphatic rings. The first kappa shape index (κ1) is 22.7. The average molecular weight is 477 g/mol. The molecule has 0 bridgehead atoms. The molecule has 0 saturated heterocycles. The van der Waals surface area contributed by atoms with E-state index < -0.39 is 15.9 Å². The van der Waals surface area contributed by atoms with E-state index >= 15 is 0 Å². The van der Waals surface area contributed by atoms with Gasteiger partial charge in [-0.3, -0.25) is 9.52 Å². The van der Waals surface area contributed by atoms with Crippen molar-refractivity contribution in [1.29, 1.82) is 0 Å².